The third kappa shape index (κ3) is 4.40. The van der Waals surface area contributed by atoms with E-state index in [0.717, 1.165) is 31.9 Å². The molecule has 1 aromatic carbocycles. The minimum Gasteiger partial charge on any atom is -0.497 e. The molecule has 21 heavy (non-hydrogen) atoms. The van der Waals surface area contributed by atoms with Crippen molar-refractivity contribution in [1.29, 1.82) is 0 Å². The maximum Gasteiger partial charge on any atom is 0.275 e. The summed E-state index contributed by atoms with van der Waals surface area (Å²) in [4.78, 5) is 15.3. The first kappa shape index (κ1) is 15.2. The first-order valence-electron chi connectivity index (χ1n) is 7.15. The van der Waals surface area contributed by atoms with Gasteiger partial charge in [-0.2, -0.15) is 0 Å². The van der Waals surface area contributed by atoms with Gasteiger partial charge in [0.2, 0.25) is 0 Å². The van der Waals surface area contributed by atoms with E-state index in [1.807, 2.05) is 18.2 Å². The van der Waals surface area contributed by atoms with Gasteiger partial charge in [0.05, 0.1) is 39.8 Å². The number of piperazine rings is 1. The summed E-state index contributed by atoms with van der Waals surface area (Å²) in [5.41, 5.74) is 1.17. The molecule has 5 heteroatoms. The third-order valence-electron chi connectivity index (χ3n) is 3.69. The highest BCUT2D eigenvalue weighted by atomic mass is 16.5. The summed E-state index contributed by atoms with van der Waals surface area (Å²) in [6, 6.07) is 8.08. The minimum absolute atomic E-state index is 0.0257. The zero-order chi connectivity index (χ0) is 15.1. The number of hydrogen-bond acceptors (Lipinski definition) is 3. The second-order valence-electron chi connectivity index (χ2n) is 5.10. The first-order chi connectivity index (χ1) is 10.2. The zero-order valence-electron chi connectivity index (χ0n) is 12.4. The van der Waals surface area contributed by atoms with Gasteiger partial charge in [-0.1, -0.05) is 12.0 Å². The van der Waals surface area contributed by atoms with E-state index in [-0.39, 0.29) is 5.91 Å². The maximum atomic E-state index is 11.6. The van der Waals surface area contributed by atoms with Crippen molar-refractivity contribution in [3.8, 4) is 18.1 Å². The largest absolute Gasteiger partial charge is 0.497 e. The van der Waals surface area contributed by atoms with E-state index >= 15 is 0 Å². The molecule has 2 N–H and O–H groups in total. The Morgan fingerprint density at radius 3 is 2.90 bits per heavy atom. The van der Waals surface area contributed by atoms with E-state index in [4.69, 9.17) is 11.2 Å². The molecule has 1 heterocycles. The van der Waals surface area contributed by atoms with Gasteiger partial charge in [-0.05, 0) is 12.1 Å². The number of methoxy groups -OCH3 is 1. The van der Waals surface area contributed by atoms with Gasteiger partial charge in [-0.3, -0.25) is 4.79 Å². The van der Waals surface area contributed by atoms with Gasteiger partial charge in [0, 0.05) is 11.8 Å². The van der Waals surface area contributed by atoms with Crippen LogP contribution in [0.3, 0.4) is 0 Å². The molecule has 2 rings (SSSR count). The summed E-state index contributed by atoms with van der Waals surface area (Å²) in [6.07, 6.45) is 5.13. The predicted octanol–water partition coefficient (Wildman–Crippen LogP) is -0.850. The lowest BCUT2D eigenvalue weighted by Crippen LogP contribution is -3.15. The van der Waals surface area contributed by atoms with E-state index in [9.17, 15) is 4.79 Å². The van der Waals surface area contributed by atoms with Crippen molar-refractivity contribution in [3.63, 3.8) is 0 Å². The fraction of sp³-hybridized carbons (Fsp3) is 0.438. The lowest BCUT2D eigenvalue weighted by Gasteiger charge is -2.33. The first-order valence-corrected chi connectivity index (χ1v) is 7.15. The number of anilines is 1. The molecule has 0 atom stereocenters. The van der Waals surface area contributed by atoms with Crippen LogP contribution in [0.2, 0.25) is 0 Å². The number of quaternary nitrogens is 1. The highest BCUT2D eigenvalue weighted by molar-refractivity contribution is 5.77. The Hall–Kier alpha value is -2.19. The molecule has 0 unspecified atom stereocenters. The number of rotatable bonds is 5. The number of terminal acetylenes is 1. The molecule has 0 bridgehead atoms. The normalized spacial score (nSPS) is 15.3. The van der Waals surface area contributed by atoms with E-state index < -0.39 is 0 Å². The van der Waals surface area contributed by atoms with Crippen LogP contribution in [0.25, 0.3) is 0 Å². The molecule has 0 spiro atoms. The topological polar surface area (TPSA) is 46.0 Å². The van der Waals surface area contributed by atoms with Gasteiger partial charge in [-0.15, -0.1) is 6.42 Å². The predicted molar refractivity (Wildman–Crippen MR) is 82.6 cm³/mol. The Labute approximate surface area is 125 Å². The van der Waals surface area contributed by atoms with Crippen LogP contribution in [0.1, 0.15) is 0 Å². The van der Waals surface area contributed by atoms with Gasteiger partial charge in [0.15, 0.2) is 6.54 Å². The van der Waals surface area contributed by atoms with E-state index in [0.29, 0.717) is 13.1 Å². The highest BCUT2D eigenvalue weighted by Crippen LogP contribution is 2.20. The molecule has 0 aliphatic carbocycles. The number of carbonyl (C=O) groups excluding carboxylic acids is 1. The van der Waals surface area contributed by atoms with Crippen molar-refractivity contribution in [1.82, 2.24) is 5.32 Å². The summed E-state index contributed by atoms with van der Waals surface area (Å²) >= 11 is 0. The summed E-state index contributed by atoms with van der Waals surface area (Å²) in [7, 11) is 1.68. The molecule has 1 saturated heterocycles. The van der Waals surface area contributed by atoms with Crippen LogP contribution < -0.4 is 19.9 Å². The van der Waals surface area contributed by atoms with Crippen LogP contribution >= 0.6 is 0 Å². The second-order valence-corrected chi connectivity index (χ2v) is 5.10. The molecule has 1 aliphatic heterocycles. The van der Waals surface area contributed by atoms with Crippen molar-refractivity contribution >= 4 is 11.6 Å². The Bertz CT molecular complexity index is 516. The quantitative estimate of drug-likeness (QED) is 0.694. The van der Waals surface area contributed by atoms with Crippen LogP contribution in [0, 0.1) is 12.3 Å². The van der Waals surface area contributed by atoms with Gasteiger partial charge >= 0.3 is 0 Å². The number of ether oxygens (including phenoxy) is 1. The van der Waals surface area contributed by atoms with Gasteiger partial charge in [0.1, 0.15) is 5.75 Å². The average Bonchev–Trinajstić information content (AvgIpc) is 2.53. The van der Waals surface area contributed by atoms with E-state index in [2.05, 4.69) is 22.2 Å². The standard InChI is InChI=1S/C16H21N3O2/c1-3-7-17-16(20)13-18-8-10-19(11-9-18)14-5-4-6-15(12-14)21-2/h1,4-6,12H,7-11,13H2,2H3,(H,17,20)/p+1. The van der Waals surface area contributed by atoms with Crippen LogP contribution in [0.15, 0.2) is 24.3 Å². The molecular formula is C16H22N3O2+. The number of nitrogens with one attached hydrogen (secondary N) is 2. The maximum absolute atomic E-state index is 11.6. The van der Waals surface area contributed by atoms with Crippen molar-refractivity contribution in [2.45, 2.75) is 0 Å². The number of carbonyl (C=O) groups is 1. The molecule has 112 valence electrons. The molecular weight excluding hydrogens is 266 g/mol. The summed E-state index contributed by atoms with van der Waals surface area (Å²) in [5.74, 6) is 3.31. The molecule has 1 amide bonds. The molecule has 1 fully saturated rings. The van der Waals surface area contributed by atoms with Gasteiger partial charge in [-0.25, -0.2) is 0 Å². The summed E-state index contributed by atoms with van der Waals surface area (Å²) in [6.45, 7) is 4.56. The van der Waals surface area contributed by atoms with Gasteiger partial charge < -0.3 is 19.9 Å². The van der Waals surface area contributed by atoms with Crippen molar-refractivity contribution < 1.29 is 14.4 Å². The Balaban J connectivity index is 1.82. The lowest BCUT2D eigenvalue weighted by atomic mass is 10.2. The Morgan fingerprint density at radius 1 is 1.48 bits per heavy atom. The molecule has 0 aromatic heterocycles. The molecule has 1 aromatic rings. The van der Waals surface area contributed by atoms with Crippen LogP contribution in [-0.2, 0) is 4.79 Å². The van der Waals surface area contributed by atoms with Crippen molar-refractivity contribution in [2.24, 2.45) is 0 Å². The average molecular weight is 288 g/mol. The monoisotopic (exact) mass is 288 g/mol. The van der Waals surface area contributed by atoms with Crippen LogP contribution in [-0.4, -0.2) is 52.3 Å². The van der Waals surface area contributed by atoms with Crippen molar-refractivity contribution in [2.75, 3.05) is 51.3 Å². The zero-order valence-corrected chi connectivity index (χ0v) is 12.4. The fourth-order valence-corrected chi connectivity index (χ4v) is 2.50. The Kier molecular flexibility index (Phi) is 5.47. The van der Waals surface area contributed by atoms with Crippen LogP contribution in [0.5, 0.6) is 5.75 Å². The number of benzene rings is 1. The molecule has 5 nitrogen and oxygen atoms in total. The molecule has 0 saturated carbocycles. The van der Waals surface area contributed by atoms with E-state index in [1.54, 1.807) is 7.11 Å². The SMILES string of the molecule is C#CCNC(=O)C[NH+]1CCN(c2cccc(OC)c2)CC1. The van der Waals surface area contributed by atoms with Crippen LogP contribution in [0.4, 0.5) is 5.69 Å². The smallest absolute Gasteiger partial charge is 0.275 e. The second kappa shape index (κ2) is 7.55. The number of amides is 1. The number of hydrogen-bond donors (Lipinski definition) is 2. The van der Waals surface area contributed by atoms with Gasteiger partial charge in [0.25, 0.3) is 5.91 Å². The molecule has 1 aliphatic rings. The van der Waals surface area contributed by atoms with Crippen molar-refractivity contribution in [3.05, 3.63) is 24.3 Å². The highest BCUT2D eigenvalue weighted by Gasteiger charge is 2.22. The Morgan fingerprint density at radius 2 is 2.24 bits per heavy atom. The third-order valence-corrected chi connectivity index (χ3v) is 3.69. The number of nitrogens with zero attached hydrogens (tertiary/aromatic N) is 1. The lowest BCUT2D eigenvalue weighted by molar-refractivity contribution is -0.892. The molecule has 0 radical (unpaired) electrons. The fourth-order valence-electron chi connectivity index (χ4n) is 2.50. The summed E-state index contributed by atoms with van der Waals surface area (Å²) in [5, 5.41) is 2.71. The summed E-state index contributed by atoms with van der Waals surface area (Å²) < 4.78 is 5.26. The minimum atomic E-state index is 0.0257. The van der Waals surface area contributed by atoms with E-state index in [1.165, 1.54) is 10.6 Å².